The van der Waals surface area contributed by atoms with Gasteiger partial charge in [-0.15, -0.1) is 5.10 Å². The lowest BCUT2D eigenvalue weighted by Crippen LogP contribution is -2.41. The first-order valence-corrected chi connectivity index (χ1v) is 16.6. The molecule has 14 nitrogen and oxygen atoms in total. The van der Waals surface area contributed by atoms with Gasteiger partial charge in [-0.05, 0) is 71.7 Å². The topological polar surface area (TPSA) is 171 Å². The van der Waals surface area contributed by atoms with Crippen molar-refractivity contribution >= 4 is 41.2 Å². The number of halogens is 1. The molecule has 0 radical (unpaired) electrons. The molecule has 0 saturated heterocycles. The second-order valence-corrected chi connectivity index (χ2v) is 12.0. The summed E-state index contributed by atoms with van der Waals surface area (Å²) in [6.45, 7) is 2.42. The minimum Gasteiger partial charge on any atom is -0.464 e. The van der Waals surface area contributed by atoms with Crippen LogP contribution in [0.25, 0.3) is 22.9 Å². The Morgan fingerprint density at radius 1 is 1.10 bits per heavy atom. The van der Waals surface area contributed by atoms with Crippen molar-refractivity contribution in [1.29, 1.82) is 0 Å². The van der Waals surface area contributed by atoms with Gasteiger partial charge in [-0.2, -0.15) is 4.68 Å². The predicted molar refractivity (Wildman–Crippen MR) is 182 cm³/mol. The highest BCUT2D eigenvalue weighted by Gasteiger charge is 2.28. The maximum absolute atomic E-state index is 13.4. The van der Waals surface area contributed by atoms with Crippen molar-refractivity contribution < 1.29 is 38.5 Å². The molecule has 2 bridgehead atoms. The van der Waals surface area contributed by atoms with Crippen LogP contribution in [-0.4, -0.2) is 76.2 Å². The Morgan fingerprint density at radius 2 is 1.94 bits per heavy atom. The molecule has 5 rings (SSSR count). The van der Waals surface area contributed by atoms with Crippen LogP contribution in [0.1, 0.15) is 55.5 Å². The molecule has 1 aliphatic rings. The minimum atomic E-state index is -0.661. The van der Waals surface area contributed by atoms with E-state index in [0.717, 1.165) is 10.3 Å². The van der Waals surface area contributed by atoms with E-state index in [-0.39, 0.29) is 25.6 Å². The minimum absolute atomic E-state index is 0.0213. The van der Waals surface area contributed by atoms with Crippen LogP contribution in [0.15, 0.2) is 67.1 Å². The fourth-order valence-electron chi connectivity index (χ4n) is 5.66. The molecule has 50 heavy (non-hydrogen) atoms. The van der Waals surface area contributed by atoms with Crippen molar-refractivity contribution in [2.45, 2.75) is 51.1 Å². The van der Waals surface area contributed by atoms with Gasteiger partial charge in [-0.1, -0.05) is 36.6 Å². The van der Waals surface area contributed by atoms with E-state index in [0.29, 0.717) is 71.1 Å². The monoisotopic (exact) mass is 704 g/mol. The Kier molecular flexibility index (Phi) is 12.5. The lowest BCUT2D eigenvalue weighted by atomic mass is 9.95. The summed E-state index contributed by atoms with van der Waals surface area (Å²) in [7, 11) is 1.53. The van der Waals surface area contributed by atoms with Crippen LogP contribution in [0.4, 0.5) is 5.69 Å². The molecule has 3 heterocycles. The summed E-state index contributed by atoms with van der Waals surface area (Å²) in [6, 6.07) is 12.9. The number of aromatic nitrogens is 5. The van der Waals surface area contributed by atoms with E-state index in [1.807, 2.05) is 18.2 Å². The summed E-state index contributed by atoms with van der Waals surface area (Å²) in [5.74, 6) is -1.20. The maximum atomic E-state index is 13.4. The first kappa shape index (κ1) is 36.0. The van der Waals surface area contributed by atoms with Crippen molar-refractivity contribution in [3.05, 3.63) is 89.0 Å². The van der Waals surface area contributed by atoms with E-state index in [4.69, 9.17) is 25.8 Å². The summed E-state index contributed by atoms with van der Waals surface area (Å²) in [5, 5.41) is 29.1. The first-order valence-electron chi connectivity index (χ1n) is 16.2. The van der Waals surface area contributed by atoms with Gasteiger partial charge in [-0.25, -0.2) is 4.79 Å². The Hall–Kier alpha value is -5.34. The molecule has 1 amide bonds. The normalized spacial score (nSPS) is 16.0. The van der Waals surface area contributed by atoms with E-state index in [1.54, 1.807) is 43.3 Å². The highest BCUT2D eigenvalue weighted by atomic mass is 35.5. The summed E-state index contributed by atoms with van der Waals surface area (Å²) < 4.78 is 18.1. The fraction of sp³-hybridized carbons (Fsp3) is 0.343. The van der Waals surface area contributed by atoms with Crippen molar-refractivity contribution in [3.8, 4) is 16.8 Å². The molecule has 0 spiro atoms. The Balaban J connectivity index is 1.45. The zero-order valence-corrected chi connectivity index (χ0v) is 28.5. The van der Waals surface area contributed by atoms with Gasteiger partial charge in [0.1, 0.15) is 25.0 Å². The second-order valence-electron chi connectivity index (χ2n) is 11.5. The molecule has 1 aliphatic heterocycles. The number of amides is 1. The zero-order valence-electron chi connectivity index (χ0n) is 27.8. The number of nitrogens with zero attached hydrogens (tertiary/aromatic N) is 5. The molecule has 2 aromatic carbocycles. The number of pyridine rings is 1. The van der Waals surface area contributed by atoms with E-state index in [9.17, 15) is 19.6 Å². The maximum Gasteiger partial charge on any atom is 0.328 e. The summed E-state index contributed by atoms with van der Waals surface area (Å²) in [5.41, 5.74) is 4.43. The number of benzene rings is 2. The summed E-state index contributed by atoms with van der Waals surface area (Å²) in [4.78, 5) is 38.9. The van der Waals surface area contributed by atoms with Gasteiger partial charge in [-0.3, -0.25) is 14.8 Å². The molecule has 15 heteroatoms. The number of hydrogen-bond acceptors (Lipinski definition) is 11. The van der Waals surface area contributed by atoms with Crippen LogP contribution in [0.3, 0.4) is 0 Å². The van der Waals surface area contributed by atoms with Crippen LogP contribution in [-0.2, 0) is 35.0 Å². The number of ether oxygens (including phenoxy) is 3. The van der Waals surface area contributed by atoms with Gasteiger partial charge in [0.25, 0.3) is 5.69 Å². The van der Waals surface area contributed by atoms with Gasteiger partial charge < -0.3 is 24.8 Å². The highest BCUT2D eigenvalue weighted by Crippen LogP contribution is 2.33. The number of methoxy groups -OCH3 is 1. The molecule has 0 fully saturated rings. The largest absolute Gasteiger partial charge is 0.464 e. The van der Waals surface area contributed by atoms with Gasteiger partial charge >= 0.3 is 11.9 Å². The third-order valence-electron chi connectivity index (χ3n) is 8.07. The van der Waals surface area contributed by atoms with Crippen LogP contribution in [0.2, 0.25) is 5.02 Å². The first-order chi connectivity index (χ1) is 24.2. The molecule has 0 aliphatic carbocycles. The van der Waals surface area contributed by atoms with Crippen LogP contribution < -0.4 is 15.4 Å². The number of carbonyl (C=O) groups excluding carboxylic acids is 3. The number of rotatable bonds is 11. The van der Waals surface area contributed by atoms with E-state index in [1.165, 1.54) is 30.4 Å². The van der Waals surface area contributed by atoms with Crippen molar-refractivity contribution in [2.24, 2.45) is 0 Å². The molecule has 3 N–H and O–H groups in total. The number of carbonyl (C=O) groups is 3. The van der Waals surface area contributed by atoms with Crippen molar-refractivity contribution in [2.75, 3.05) is 32.2 Å². The van der Waals surface area contributed by atoms with E-state index < -0.39 is 24.0 Å². The average molecular weight is 705 g/mol. The van der Waals surface area contributed by atoms with Crippen molar-refractivity contribution in [1.82, 2.24) is 25.5 Å². The number of anilines is 1. The third-order valence-corrected chi connectivity index (χ3v) is 8.30. The number of nitrogens with one attached hydrogen (secondary N) is 2. The number of tetrazole rings is 1. The molecule has 4 aromatic rings. The van der Waals surface area contributed by atoms with E-state index in [2.05, 4.69) is 26.2 Å². The Bertz CT molecular complexity index is 1830. The highest BCUT2D eigenvalue weighted by molar-refractivity contribution is 6.30. The van der Waals surface area contributed by atoms with Gasteiger partial charge in [0.15, 0.2) is 0 Å². The zero-order chi connectivity index (χ0) is 35.5. The van der Waals surface area contributed by atoms with Crippen LogP contribution in [0, 0.1) is 0 Å². The average Bonchev–Trinajstić information content (AvgIpc) is 3.63. The summed E-state index contributed by atoms with van der Waals surface area (Å²) in [6.07, 6.45) is 8.13. The molecular weight excluding hydrogens is 666 g/mol. The fourth-order valence-corrected chi connectivity index (χ4v) is 5.84. The third kappa shape index (κ3) is 9.42. The van der Waals surface area contributed by atoms with Gasteiger partial charge in [0.2, 0.25) is 12.1 Å². The molecule has 0 saturated carbocycles. The standard InChI is InChI=1S/C35H38ClN7O7/c1-3-49-35(46)29-7-5-4-6-28(39-33(44)13-9-25-20-26(36)10-12-31(25)42-22-37-40-41-42)32-21-24(14-15-43(32)47)27-11-8-23(18-30(27)38-29)19-34(45)50-17-16-48-2/h8-15,18,20-22,28-29,47H,3-7,16-17,19H2,1-2H3,(H,39,44)/p+1/b13-9+,27-24?,38-30?/t28-,29+/m0/s1. The smallest absolute Gasteiger partial charge is 0.328 e. The van der Waals surface area contributed by atoms with Crippen LogP contribution >= 0.6 is 11.6 Å². The Labute approximate surface area is 294 Å². The molecule has 262 valence electrons. The molecule has 0 unspecified atom stereocenters. The predicted octanol–water partition coefficient (Wildman–Crippen LogP) is 4.03. The van der Waals surface area contributed by atoms with Crippen molar-refractivity contribution in [3.63, 3.8) is 0 Å². The second kappa shape index (κ2) is 17.4. The number of esters is 2. The molecule has 2 atom stereocenters. The van der Waals surface area contributed by atoms with Gasteiger partial charge in [0, 0.05) is 51.9 Å². The van der Waals surface area contributed by atoms with Gasteiger partial charge in [0.05, 0.1) is 25.3 Å². The lowest BCUT2D eigenvalue weighted by Gasteiger charge is -2.23. The Morgan fingerprint density at radius 3 is 2.72 bits per heavy atom. The van der Waals surface area contributed by atoms with Crippen LogP contribution in [0.5, 0.6) is 0 Å². The quantitative estimate of drug-likeness (QED) is 0.0677. The van der Waals surface area contributed by atoms with E-state index >= 15 is 0 Å². The SMILES string of the molecule is CCOC(=O)[C@H]1CCCC[C@H](NC(=O)/C=C/c2cc(Cl)ccc2-n2cnnn2)c2cc(cc[n+]2O)-c2ccc(CC(=O)OCCOC)cc2N1. The number of hydrogen-bond donors (Lipinski definition) is 3. The molecule has 2 aromatic heterocycles. The number of fused-ring (bicyclic) bond motifs is 4. The lowest BCUT2D eigenvalue weighted by molar-refractivity contribution is -0.910. The molecular formula is C35H39ClN7O7+. The summed E-state index contributed by atoms with van der Waals surface area (Å²) >= 11 is 6.24.